The van der Waals surface area contributed by atoms with E-state index in [4.69, 9.17) is 14.2 Å². The fraction of sp³-hybridized carbons (Fsp3) is 0.754. The highest BCUT2D eigenvalue weighted by atomic mass is 16.6. The van der Waals surface area contributed by atoms with Crippen molar-refractivity contribution in [1.82, 2.24) is 0 Å². The smallest absolute Gasteiger partial charge is 0.306 e. The second kappa shape index (κ2) is 55.4. The van der Waals surface area contributed by atoms with E-state index in [2.05, 4.69) is 93.7 Å². The summed E-state index contributed by atoms with van der Waals surface area (Å²) in [5.74, 6) is -0.929. The number of rotatable bonds is 51. The minimum absolute atomic E-state index is 0.0933. The van der Waals surface area contributed by atoms with Crippen LogP contribution in [0.1, 0.15) is 278 Å². The average Bonchev–Trinajstić information content (AvgIpc) is 3.33. The van der Waals surface area contributed by atoms with E-state index in [1.807, 2.05) is 0 Å². The lowest BCUT2D eigenvalue weighted by Crippen LogP contribution is -2.30. The van der Waals surface area contributed by atoms with Gasteiger partial charge in [-0.3, -0.25) is 14.4 Å². The van der Waals surface area contributed by atoms with Gasteiger partial charge in [0.05, 0.1) is 0 Å². The van der Waals surface area contributed by atoms with Crippen molar-refractivity contribution >= 4 is 17.9 Å². The molecule has 386 valence electrons. The van der Waals surface area contributed by atoms with Crippen molar-refractivity contribution in [1.29, 1.82) is 0 Å². The molecule has 6 heteroatoms. The van der Waals surface area contributed by atoms with Crippen LogP contribution in [0.5, 0.6) is 0 Å². The van der Waals surface area contributed by atoms with E-state index in [0.717, 1.165) is 116 Å². The maximum absolute atomic E-state index is 12.8. The van der Waals surface area contributed by atoms with E-state index in [1.54, 1.807) is 0 Å². The first-order valence-electron chi connectivity index (χ1n) is 28.5. The number of ether oxygens (including phenoxy) is 3. The predicted octanol–water partition coefficient (Wildman–Crippen LogP) is 19.0. The number of carbonyl (C=O) groups excluding carboxylic acids is 3. The molecule has 0 bridgehead atoms. The zero-order valence-corrected chi connectivity index (χ0v) is 44.2. The van der Waals surface area contributed by atoms with Gasteiger partial charge in [0, 0.05) is 19.3 Å². The van der Waals surface area contributed by atoms with Gasteiger partial charge in [-0.25, -0.2) is 0 Å². The predicted molar refractivity (Wildman–Crippen MR) is 288 cm³/mol. The summed E-state index contributed by atoms with van der Waals surface area (Å²) >= 11 is 0. The molecule has 0 fully saturated rings. The Labute approximate surface area is 414 Å². The van der Waals surface area contributed by atoms with Gasteiger partial charge in [0.25, 0.3) is 0 Å². The molecule has 0 aliphatic carbocycles. The first kappa shape index (κ1) is 63.8. The fourth-order valence-electron chi connectivity index (χ4n) is 7.96. The second-order valence-electron chi connectivity index (χ2n) is 18.9. The monoisotopic (exact) mass is 935 g/mol. The van der Waals surface area contributed by atoms with E-state index in [1.165, 1.54) is 122 Å². The van der Waals surface area contributed by atoms with Crippen LogP contribution in [-0.4, -0.2) is 37.2 Å². The topological polar surface area (TPSA) is 78.9 Å². The average molecular weight is 936 g/mol. The molecule has 0 spiro atoms. The Hall–Kier alpha value is -3.15. The highest BCUT2D eigenvalue weighted by Crippen LogP contribution is 2.15. The van der Waals surface area contributed by atoms with Crippen LogP contribution >= 0.6 is 0 Å². The van der Waals surface area contributed by atoms with E-state index in [9.17, 15) is 14.4 Å². The quantitative estimate of drug-likeness (QED) is 0.0199. The maximum Gasteiger partial charge on any atom is 0.306 e. The maximum atomic E-state index is 12.8. The molecule has 67 heavy (non-hydrogen) atoms. The Kier molecular flexibility index (Phi) is 52.8. The first-order chi connectivity index (χ1) is 33.0. The van der Waals surface area contributed by atoms with Gasteiger partial charge in [-0.05, 0) is 89.9 Å². The molecular weight excluding hydrogens is 829 g/mol. The minimum Gasteiger partial charge on any atom is -0.462 e. The summed E-state index contributed by atoms with van der Waals surface area (Å²) in [5.41, 5.74) is 0. The molecule has 1 unspecified atom stereocenters. The number of hydrogen-bond donors (Lipinski definition) is 0. The van der Waals surface area contributed by atoms with Gasteiger partial charge < -0.3 is 14.2 Å². The Morgan fingerprint density at radius 1 is 0.313 bits per heavy atom. The summed E-state index contributed by atoms with van der Waals surface area (Å²) in [5, 5.41) is 0. The van der Waals surface area contributed by atoms with E-state index < -0.39 is 6.10 Å². The molecule has 0 saturated heterocycles. The summed E-state index contributed by atoms with van der Waals surface area (Å²) < 4.78 is 16.8. The van der Waals surface area contributed by atoms with Crippen molar-refractivity contribution in [2.45, 2.75) is 284 Å². The molecule has 0 amide bonds. The number of hydrogen-bond acceptors (Lipinski definition) is 6. The van der Waals surface area contributed by atoms with Crippen molar-refractivity contribution < 1.29 is 28.6 Å². The van der Waals surface area contributed by atoms with Gasteiger partial charge in [-0.15, -0.1) is 0 Å². The number of carbonyl (C=O) groups is 3. The lowest BCUT2D eigenvalue weighted by atomic mass is 10.1. The molecule has 6 nitrogen and oxygen atoms in total. The zero-order chi connectivity index (χ0) is 48.6. The van der Waals surface area contributed by atoms with Crippen molar-refractivity contribution in [3.63, 3.8) is 0 Å². The van der Waals surface area contributed by atoms with Crippen LogP contribution in [0.15, 0.2) is 72.9 Å². The van der Waals surface area contributed by atoms with Crippen LogP contribution in [0.25, 0.3) is 0 Å². The molecule has 0 aromatic heterocycles. The van der Waals surface area contributed by atoms with Crippen LogP contribution in [0.4, 0.5) is 0 Å². The highest BCUT2D eigenvalue weighted by molar-refractivity contribution is 5.71. The largest absolute Gasteiger partial charge is 0.462 e. The highest BCUT2D eigenvalue weighted by Gasteiger charge is 2.19. The van der Waals surface area contributed by atoms with Crippen LogP contribution in [0, 0.1) is 0 Å². The van der Waals surface area contributed by atoms with Crippen LogP contribution in [-0.2, 0) is 28.6 Å². The normalized spacial score (nSPS) is 12.6. The summed E-state index contributed by atoms with van der Waals surface area (Å²) in [6.45, 7) is 6.48. The van der Waals surface area contributed by atoms with Gasteiger partial charge in [-0.1, -0.05) is 241 Å². The van der Waals surface area contributed by atoms with Gasteiger partial charge in [0.15, 0.2) is 6.10 Å². The molecule has 0 saturated carbocycles. The van der Waals surface area contributed by atoms with Crippen molar-refractivity contribution in [2.75, 3.05) is 13.2 Å². The van der Waals surface area contributed by atoms with Gasteiger partial charge in [0.2, 0.25) is 0 Å². The van der Waals surface area contributed by atoms with Crippen molar-refractivity contribution in [3.8, 4) is 0 Å². The third-order valence-corrected chi connectivity index (χ3v) is 12.3. The minimum atomic E-state index is -0.795. The molecule has 0 aliphatic rings. The first-order valence-corrected chi connectivity index (χ1v) is 28.5. The standard InChI is InChI=1S/C61H106O6/c1-4-7-10-13-16-19-22-25-27-29-31-33-36-39-42-45-48-51-54-60(63)66-57-58(56-65-59(62)53-50-47-44-41-38-35-24-21-18-15-12-9-6-3)67-61(64)55-52-49-46-43-40-37-34-32-30-28-26-23-20-17-14-11-8-5-2/h9,12,15,18,21,24,27,29,31-34,58H,4-8,10-11,13-14,16-17,19-20,22-23,25-26,28,30,35-57H2,1-3H3/b12-9+,18-15+,24-21+,29-27+,33-31+,34-32+. The van der Waals surface area contributed by atoms with Crippen LogP contribution < -0.4 is 0 Å². The van der Waals surface area contributed by atoms with Gasteiger partial charge in [0.1, 0.15) is 13.2 Å². The van der Waals surface area contributed by atoms with Gasteiger partial charge in [-0.2, -0.15) is 0 Å². The Bertz CT molecular complexity index is 1260. The summed E-state index contributed by atoms with van der Waals surface area (Å²) in [6.07, 6.45) is 70.3. The third kappa shape index (κ3) is 53.7. The van der Waals surface area contributed by atoms with E-state index in [-0.39, 0.29) is 31.1 Å². The lowest BCUT2D eigenvalue weighted by Gasteiger charge is -2.18. The summed E-state index contributed by atoms with van der Waals surface area (Å²) in [6, 6.07) is 0. The van der Waals surface area contributed by atoms with Crippen LogP contribution in [0.3, 0.4) is 0 Å². The summed E-state index contributed by atoms with van der Waals surface area (Å²) in [4.78, 5) is 38.1. The Balaban J connectivity index is 4.42. The molecule has 1 atom stereocenters. The third-order valence-electron chi connectivity index (χ3n) is 12.3. The zero-order valence-electron chi connectivity index (χ0n) is 44.2. The number of allylic oxidation sites excluding steroid dienone is 12. The SMILES string of the molecule is CC/C=C/C=C/C=C/CCCCCCCC(=O)OCC(COC(=O)CCCCCCC/C=C/C=C/CCCCCCCCC)OC(=O)CCCCCCC/C=C/CCCCCCCCCCC. The molecule has 0 rings (SSSR count). The number of esters is 3. The molecule has 0 aliphatic heterocycles. The Morgan fingerprint density at radius 2 is 0.597 bits per heavy atom. The van der Waals surface area contributed by atoms with Crippen molar-refractivity contribution in [2.24, 2.45) is 0 Å². The number of unbranched alkanes of at least 4 members (excludes halogenated alkanes) is 31. The molecule has 0 aromatic carbocycles. The second-order valence-corrected chi connectivity index (χ2v) is 18.9. The van der Waals surface area contributed by atoms with Gasteiger partial charge >= 0.3 is 17.9 Å². The molecule has 0 radical (unpaired) electrons. The molecule has 0 heterocycles. The molecular formula is C61H106O6. The Morgan fingerprint density at radius 3 is 0.955 bits per heavy atom. The molecule has 0 aromatic rings. The van der Waals surface area contributed by atoms with Crippen LogP contribution in [0.2, 0.25) is 0 Å². The molecule has 0 N–H and O–H groups in total. The van der Waals surface area contributed by atoms with E-state index >= 15 is 0 Å². The van der Waals surface area contributed by atoms with Crippen molar-refractivity contribution in [3.05, 3.63) is 72.9 Å². The lowest BCUT2D eigenvalue weighted by molar-refractivity contribution is -0.167. The fourth-order valence-corrected chi connectivity index (χ4v) is 7.96. The summed E-state index contributed by atoms with van der Waals surface area (Å²) in [7, 11) is 0. The van der Waals surface area contributed by atoms with E-state index in [0.29, 0.717) is 19.3 Å².